The molecule has 1 aliphatic carbocycles. The summed E-state index contributed by atoms with van der Waals surface area (Å²) in [4.78, 5) is 13.6. The summed E-state index contributed by atoms with van der Waals surface area (Å²) in [7, 11) is 2.03. The van der Waals surface area contributed by atoms with Crippen molar-refractivity contribution in [3.63, 3.8) is 0 Å². The molecule has 0 spiro atoms. The monoisotopic (exact) mass is 334 g/mol. The first-order valence-corrected chi connectivity index (χ1v) is 8.80. The Morgan fingerprint density at radius 1 is 1.38 bits per heavy atom. The second-order valence-electron chi connectivity index (χ2n) is 7.58. The Morgan fingerprint density at radius 3 is 2.75 bits per heavy atom. The number of hydrogen-bond acceptors (Lipinski definition) is 7. The highest BCUT2D eigenvalue weighted by atomic mass is 16.5. The van der Waals surface area contributed by atoms with Crippen LogP contribution in [0.3, 0.4) is 0 Å². The lowest BCUT2D eigenvalue weighted by molar-refractivity contribution is 0.140. The van der Waals surface area contributed by atoms with E-state index in [1.165, 1.54) is 0 Å². The molecule has 3 aliphatic rings. The van der Waals surface area contributed by atoms with Gasteiger partial charge in [-0.3, -0.25) is 0 Å². The van der Waals surface area contributed by atoms with Gasteiger partial charge in [-0.15, -0.1) is 0 Å². The van der Waals surface area contributed by atoms with E-state index in [1.54, 1.807) is 0 Å². The molecule has 2 saturated heterocycles. The van der Waals surface area contributed by atoms with Gasteiger partial charge in [-0.1, -0.05) is 0 Å². The van der Waals surface area contributed by atoms with E-state index in [4.69, 9.17) is 14.7 Å². The molecule has 0 radical (unpaired) electrons. The highest BCUT2D eigenvalue weighted by Crippen LogP contribution is 2.46. The van der Waals surface area contributed by atoms with E-state index in [1.807, 2.05) is 11.9 Å². The zero-order valence-electron chi connectivity index (χ0n) is 14.2. The van der Waals surface area contributed by atoms with Crippen molar-refractivity contribution in [3.05, 3.63) is 11.8 Å². The van der Waals surface area contributed by atoms with Crippen LogP contribution in [0.5, 0.6) is 0 Å². The predicted molar refractivity (Wildman–Crippen MR) is 90.5 cm³/mol. The first-order valence-electron chi connectivity index (χ1n) is 8.80. The minimum atomic E-state index is -0.280. The van der Waals surface area contributed by atoms with Gasteiger partial charge in [0.05, 0.1) is 25.0 Å². The number of rotatable bonds is 6. The molecule has 1 saturated carbocycles. The summed E-state index contributed by atoms with van der Waals surface area (Å²) in [5.41, 5.74) is 1.07. The summed E-state index contributed by atoms with van der Waals surface area (Å²) in [6, 6.07) is 2.06. The molecule has 7 nitrogen and oxygen atoms in total. The summed E-state index contributed by atoms with van der Waals surface area (Å²) in [5.74, 6) is 1.90. The van der Waals surface area contributed by atoms with E-state index < -0.39 is 0 Å². The van der Waals surface area contributed by atoms with Crippen LogP contribution in [0.1, 0.15) is 30.9 Å². The molecule has 132 valence electrons. The maximum absolute atomic E-state index is 9.59. The number of ether oxygens (including phenoxy) is 1. The second-order valence-corrected chi connectivity index (χ2v) is 7.58. The van der Waals surface area contributed by atoms with Crippen molar-refractivity contribution in [3.8, 4) is 0 Å². The molecule has 1 atom stereocenters. The Kier molecular flexibility index (Phi) is 4.10. The Labute approximate surface area is 142 Å². The van der Waals surface area contributed by atoms with Crippen molar-refractivity contribution in [2.75, 3.05) is 56.3 Å². The first-order chi connectivity index (χ1) is 11.6. The molecule has 3 fully saturated rings. The summed E-state index contributed by atoms with van der Waals surface area (Å²) in [6.07, 6.45) is 2.86. The Bertz CT molecular complexity index is 595. The number of aromatic nitrogens is 2. The third kappa shape index (κ3) is 3.08. The van der Waals surface area contributed by atoms with Crippen molar-refractivity contribution in [1.82, 2.24) is 9.97 Å². The Balaban J connectivity index is 1.59. The lowest BCUT2D eigenvalue weighted by Crippen LogP contribution is -2.51. The highest BCUT2D eigenvalue weighted by molar-refractivity contribution is 5.48. The van der Waals surface area contributed by atoms with Gasteiger partial charge in [0.1, 0.15) is 5.82 Å². The SMILES string of the molecule is CN(CC1(CO)CC1)c1cc([C@H]2CCOC2)nc(N2CC(O)C2)n1. The fourth-order valence-corrected chi connectivity index (χ4v) is 3.50. The average Bonchev–Trinajstić information content (AvgIpc) is 3.11. The van der Waals surface area contributed by atoms with E-state index in [0.29, 0.717) is 31.6 Å². The summed E-state index contributed by atoms with van der Waals surface area (Å²) in [6.45, 7) is 3.72. The molecule has 24 heavy (non-hydrogen) atoms. The number of β-amino-alcohol motifs (C(OH)–C–C–N with tert-alkyl or cyclic N) is 1. The van der Waals surface area contributed by atoms with Crippen LogP contribution in [0.4, 0.5) is 11.8 Å². The predicted octanol–water partition coefficient (Wildman–Crippen LogP) is 0.370. The van der Waals surface area contributed by atoms with Crippen molar-refractivity contribution in [2.45, 2.75) is 31.3 Å². The van der Waals surface area contributed by atoms with Crippen LogP contribution >= 0.6 is 0 Å². The third-order valence-electron chi connectivity index (χ3n) is 5.47. The van der Waals surface area contributed by atoms with E-state index in [2.05, 4.69) is 11.0 Å². The highest BCUT2D eigenvalue weighted by Gasteiger charge is 2.43. The number of nitrogens with zero attached hydrogens (tertiary/aromatic N) is 4. The number of hydrogen-bond donors (Lipinski definition) is 2. The van der Waals surface area contributed by atoms with Crippen LogP contribution in [0.2, 0.25) is 0 Å². The molecule has 0 bridgehead atoms. The fraction of sp³-hybridized carbons (Fsp3) is 0.765. The third-order valence-corrected chi connectivity index (χ3v) is 5.47. The van der Waals surface area contributed by atoms with Gasteiger partial charge in [0.15, 0.2) is 0 Å². The van der Waals surface area contributed by atoms with Gasteiger partial charge in [0, 0.05) is 50.7 Å². The lowest BCUT2D eigenvalue weighted by atomic mass is 10.0. The van der Waals surface area contributed by atoms with Crippen LogP contribution in [0.25, 0.3) is 0 Å². The maximum Gasteiger partial charge on any atom is 0.227 e. The molecular formula is C17H26N4O3. The molecule has 3 heterocycles. The molecule has 7 heteroatoms. The van der Waals surface area contributed by atoms with Crippen molar-refractivity contribution in [2.24, 2.45) is 5.41 Å². The van der Waals surface area contributed by atoms with Crippen LogP contribution < -0.4 is 9.80 Å². The number of aliphatic hydroxyl groups excluding tert-OH is 2. The van der Waals surface area contributed by atoms with Gasteiger partial charge in [0.25, 0.3) is 0 Å². The molecule has 0 aromatic carbocycles. The molecule has 4 rings (SSSR count). The lowest BCUT2D eigenvalue weighted by Gasteiger charge is -2.36. The zero-order chi connectivity index (χ0) is 16.7. The Hall–Kier alpha value is -1.44. The van der Waals surface area contributed by atoms with E-state index in [9.17, 15) is 10.2 Å². The summed E-state index contributed by atoms with van der Waals surface area (Å²) in [5, 5.41) is 19.2. The molecule has 2 aliphatic heterocycles. The quantitative estimate of drug-likeness (QED) is 0.778. The van der Waals surface area contributed by atoms with Gasteiger partial charge < -0.3 is 24.7 Å². The van der Waals surface area contributed by atoms with Gasteiger partial charge in [0.2, 0.25) is 5.95 Å². The van der Waals surface area contributed by atoms with Gasteiger partial charge in [-0.2, -0.15) is 4.98 Å². The smallest absolute Gasteiger partial charge is 0.227 e. The Morgan fingerprint density at radius 2 is 2.17 bits per heavy atom. The van der Waals surface area contributed by atoms with Crippen molar-refractivity contribution >= 4 is 11.8 Å². The topological polar surface area (TPSA) is 82.0 Å². The van der Waals surface area contributed by atoms with Crippen LogP contribution in [0, 0.1) is 5.41 Å². The van der Waals surface area contributed by atoms with Gasteiger partial charge >= 0.3 is 0 Å². The molecule has 2 N–H and O–H groups in total. The van der Waals surface area contributed by atoms with Crippen LogP contribution in [0.15, 0.2) is 6.07 Å². The van der Waals surface area contributed by atoms with E-state index >= 15 is 0 Å². The largest absolute Gasteiger partial charge is 0.396 e. The normalized spacial score (nSPS) is 25.6. The van der Waals surface area contributed by atoms with Crippen LogP contribution in [-0.2, 0) is 4.74 Å². The molecule has 1 aromatic heterocycles. The van der Waals surface area contributed by atoms with Gasteiger partial charge in [-0.25, -0.2) is 4.98 Å². The summed E-state index contributed by atoms with van der Waals surface area (Å²) >= 11 is 0. The van der Waals surface area contributed by atoms with Crippen LogP contribution in [-0.4, -0.2) is 72.8 Å². The average molecular weight is 334 g/mol. The van der Waals surface area contributed by atoms with Gasteiger partial charge in [-0.05, 0) is 19.3 Å². The molecule has 1 aromatic rings. The van der Waals surface area contributed by atoms with E-state index in [-0.39, 0.29) is 18.1 Å². The van der Waals surface area contributed by atoms with E-state index in [0.717, 1.165) is 43.9 Å². The minimum absolute atomic E-state index is 0.0451. The molecule has 0 amide bonds. The zero-order valence-corrected chi connectivity index (χ0v) is 14.2. The number of anilines is 2. The molecule has 0 unspecified atom stereocenters. The van der Waals surface area contributed by atoms with Crippen molar-refractivity contribution in [1.29, 1.82) is 0 Å². The minimum Gasteiger partial charge on any atom is -0.396 e. The number of aliphatic hydroxyl groups is 2. The first kappa shape index (κ1) is 16.1. The fourth-order valence-electron chi connectivity index (χ4n) is 3.50. The second kappa shape index (κ2) is 6.13. The van der Waals surface area contributed by atoms with Crippen molar-refractivity contribution < 1.29 is 14.9 Å². The maximum atomic E-state index is 9.59. The standard InChI is InChI=1S/C17H26N4O3/c1-20(10-17(11-22)3-4-17)15-6-14(12-2-5-24-9-12)18-16(19-15)21-7-13(23)8-21/h6,12-13,22-23H,2-5,7-11H2,1H3/t12-/m0/s1. The summed E-state index contributed by atoms with van der Waals surface area (Å²) < 4.78 is 5.52. The molecular weight excluding hydrogens is 308 g/mol.